The Kier molecular flexibility index (Phi) is 4.61. The third kappa shape index (κ3) is 4.67. The zero-order valence-corrected chi connectivity index (χ0v) is 11.1. The molecule has 104 valence electrons. The summed E-state index contributed by atoms with van der Waals surface area (Å²) < 4.78 is 18.3. The highest BCUT2D eigenvalue weighted by molar-refractivity contribution is 5.95. The van der Waals surface area contributed by atoms with E-state index in [-0.39, 0.29) is 5.56 Å². The first-order chi connectivity index (χ1) is 8.70. The minimum atomic E-state index is -1.27. The van der Waals surface area contributed by atoms with Crippen molar-refractivity contribution in [2.75, 3.05) is 0 Å². The van der Waals surface area contributed by atoms with E-state index >= 15 is 0 Å². The van der Waals surface area contributed by atoms with Crippen molar-refractivity contribution in [2.45, 2.75) is 32.4 Å². The molecule has 2 amide bonds. The number of halogens is 1. The van der Waals surface area contributed by atoms with E-state index in [2.05, 4.69) is 0 Å². The molecule has 0 fully saturated rings. The number of ether oxygens (including phenoxy) is 1. The molecule has 0 saturated heterocycles. The van der Waals surface area contributed by atoms with Crippen molar-refractivity contribution in [1.29, 1.82) is 0 Å². The van der Waals surface area contributed by atoms with Gasteiger partial charge in [0.15, 0.2) is 0 Å². The van der Waals surface area contributed by atoms with Crippen LogP contribution in [0.1, 0.15) is 32.4 Å². The smallest absolute Gasteiger partial charge is 0.414 e. The molecule has 1 atom stereocenters. The van der Waals surface area contributed by atoms with Crippen molar-refractivity contribution in [2.24, 2.45) is 5.73 Å². The molecule has 0 aliphatic carbocycles. The van der Waals surface area contributed by atoms with Crippen molar-refractivity contribution in [3.05, 3.63) is 35.6 Å². The van der Waals surface area contributed by atoms with Crippen LogP contribution in [0.3, 0.4) is 0 Å². The molecule has 0 heterocycles. The number of nitrogens with two attached hydrogens (primary N) is 1. The summed E-state index contributed by atoms with van der Waals surface area (Å²) in [6.45, 7) is 4.98. The number of rotatable bonds is 2. The first kappa shape index (κ1) is 15.1. The maximum Gasteiger partial charge on any atom is 0.414 e. The molecule has 1 rings (SSSR count). The van der Waals surface area contributed by atoms with Crippen molar-refractivity contribution in [3.8, 4) is 0 Å². The monoisotopic (exact) mass is 268 g/mol. The second-order valence-corrected chi connectivity index (χ2v) is 4.99. The maximum atomic E-state index is 13.4. The molecule has 0 saturated carbocycles. The van der Waals surface area contributed by atoms with Gasteiger partial charge in [-0.1, -0.05) is 18.2 Å². The highest BCUT2D eigenvalue weighted by Gasteiger charge is 2.23. The highest BCUT2D eigenvalue weighted by Crippen LogP contribution is 2.15. The van der Waals surface area contributed by atoms with Crippen LogP contribution in [0.4, 0.5) is 9.18 Å². The number of hydrogen-bond donors (Lipinski definition) is 2. The molecule has 0 aliphatic heterocycles. The van der Waals surface area contributed by atoms with Crippen LogP contribution in [0.2, 0.25) is 0 Å². The van der Waals surface area contributed by atoms with Gasteiger partial charge in [-0.25, -0.2) is 9.18 Å². The van der Waals surface area contributed by atoms with Crippen LogP contribution in [0, 0.1) is 5.82 Å². The average Bonchev–Trinajstić information content (AvgIpc) is 2.26. The summed E-state index contributed by atoms with van der Waals surface area (Å²) in [4.78, 5) is 23.1. The van der Waals surface area contributed by atoms with Gasteiger partial charge in [-0.05, 0) is 26.8 Å². The molecule has 1 aromatic carbocycles. The molecule has 19 heavy (non-hydrogen) atoms. The van der Waals surface area contributed by atoms with E-state index in [0.717, 1.165) is 0 Å². The molecule has 1 unspecified atom stereocenters. The van der Waals surface area contributed by atoms with Crippen LogP contribution in [-0.4, -0.2) is 17.6 Å². The molecular formula is C13H17FN2O3. The standard InChI is InChI=1S/C13H17FN2O3/c1-13(2,3)19-12(18)16-11(17)10(15)8-6-4-5-7-9(8)14/h4-7,10H,15H2,1-3H3,(H,16,17,18). The SMILES string of the molecule is CC(C)(C)OC(=O)NC(=O)C(N)c1ccccc1F. The van der Waals surface area contributed by atoms with Crippen LogP contribution in [0.15, 0.2) is 24.3 Å². The summed E-state index contributed by atoms with van der Waals surface area (Å²) in [7, 11) is 0. The van der Waals surface area contributed by atoms with Gasteiger partial charge >= 0.3 is 6.09 Å². The molecule has 0 aromatic heterocycles. The lowest BCUT2D eigenvalue weighted by molar-refractivity contribution is -0.122. The van der Waals surface area contributed by atoms with Crippen LogP contribution >= 0.6 is 0 Å². The van der Waals surface area contributed by atoms with Crippen molar-refractivity contribution < 1.29 is 18.7 Å². The Morgan fingerprint density at radius 3 is 2.42 bits per heavy atom. The average molecular weight is 268 g/mol. The van der Waals surface area contributed by atoms with Crippen LogP contribution in [0.5, 0.6) is 0 Å². The fourth-order valence-electron chi connectivity index (χ4n) is 1.35. The summed E-state index contributed by atoms with van der Waals surface area (Å²) >= 11 is 0. The van der Waals surface area contributed by atoms with Gasteiger partial charge in [-0.3, -0.25) is 10.1 Å². The van der Waals surface area contributed by atoms with Gasteiger partial charge in [0.25, 0.3) is 5.91 Å². The van der Waals surface area contributed by atoms with E-state index in [0.29, 0.717) is 0 Å². The van der Waals surface area contributed by atoms with Gasteiger partial charge in [-0.2, -0.15) is 0 Å². The topological polar surface area (TPSA) is 81.4 Å². The van der Waals surface area contributed by atoms with Gasteiger partial charge in [-0.15, -0.1) is 0 Å². The number of amides is 2. The van der Waals surface area contributed by atoms with Gasteiger partial charge in [0, 0.05) is 5.56 Å². The number of hydrogen-bond acceptors (Lipinski definition) is 4. The number of carbonyl (C=O) groups is 2. The molecule has 5 nitrogen and oxygen atoms in total. The van der Waals surface area contributed by atoms with Crippen LogP contribution in [-0.2, 0) is 9.53 Å². The number of carbonyl (C=O) groups excluding carboxylic acids is 2. The van der Waals surface area contributed by atoms with E-state index in [1.807, 2.05) is 5.32 Å². The minimum absolute atomic E-state index is 0.0172. The predicted octanol–water partition coefficient (Wildman–Crippen LogP) is 1.88. The third-order valence-corrected chi connectivity index (χ3v) is 2.15. The summed E-state index contributed by atoms with van der Waals surface area (Å²) in [6.07, 6.45) is -0.913. The lowest BCUT2D eigenvalue weighted by Gasteiger charge is -2.20. The van der Waals surface area contributed by atoms with Crippen molar-refractivity contribution in [3.63, 3.8) is 0 Å². The van der Waals surface area contributed by atoms with Gasteiger partial charge in [0.05, 0.1) is 0 Å². The fourth-order valence-corrected chi connectivity index (χ4v) is 1.35. The fraction of sp³-hybridized carbons (Fsp3) is 0.385. The molecule has 0 radical (unpaired) electrons. The Labute approximate surface area is 110 Å². The van der Waals surface area contributed by atoms with Gasteiger partial charge < -0.3 is 10.5 Å². The predicted molar refractivity (Wildman–Crippen MR) is 67.7 cm³/mol. The quantitative estimate of drug-likeness (QED) is 0.858. The van der Waals surface area contributed by atoms with E-state index in [1.165, 1.54) is 18.2 Å². The van der Waals surface area contributed by atoms with E-state index in [4.69, 9.17) is 10.5 Å². The van der Waals surface area contributed by atoms with Crippen LogP contribution < -0.4 is 11.1 Å². The second-order valence-electron chi connectivity index (χ2n) is 4.99. The van der Waals surface area contributed by atoms with Crippen molar-refractivity contribution >= 4 is 12.0 Å². The molecule has 1 aromatic rings. The zero-order chi connectivity index (χ0) is 14.6. The lowest BCUT2D eigenvalue weighted by atomic mass is 10.1. The Morgan fingerprint density at radius 1 is 1.32 bits per heavy atom. The van der Waals surface area contributed by atoms with Crippen LogP contribution in [0.25, 0.3) is 0 Å². The third-order valence-electron chi connectivity index (χ3n) is 2.15. The Balaban J connectivity index is 2.69. The molecule has 0 aliphatic rings. The largest absolute Gasteiger partial charge is 0.444 e. The Hall–Kier alpha value is -1.95. The Morgan fingerprint density at radius 2 is 1.89 bits per heavy atom. The Bertz CT molecular complexity index is 483. The van der Waals surface area contributed by atoms with Gasteiger partial charge in [0.1, 0.15) is 17.5 Å². The molecule has 6 heteroatoms. The number of benzene rings is 1. The summed E-state index contributed by atoms with van der Waals surface area (Å²) in [5.41, 5.74) is 4.88. The zero-order valence-electron chi connectivity index (χ0n) is 11.1. The van der Waals surface area contributed by atoms with E-state index in [9.17, 15) is 14.0 Å². The normalized spacial score (nSPS) is 12.7. The summed E-state index contributed by atoms with van der Waals surface area (Å²) in [5, 5.41) is 1.97. The maximum absolute atomic E-state index is 13.4. The number of imide groups is 1. The second kappa shape index (κ2) is 5.79. The van der Waals surface area contributed by atoms with E-state index < -0.39 is 29.5 Å². The number of alkyl carbamates (subject to hydrolysis) is 1. The molecule has 3 N–H and O–H groups in total. The summed E-state index contributed by atoms with van der Waals surface area (Å²) in [5.74, 6) is -1.42. The highest BCUT2D eigenvalue weighted by atomic mass is 19.1. The summed E-state index contributed by atoms with van der Waals surface area (Å²) in [6, 6.07) is 4.34. The van der Waals surface area contributed by atoms with Gasteiger partial charge in [0.2, 0.25) is 0 Å². The van der Waals surface area contributed by atoms with E-state index in [1.54, 1.807) is 26.8 Å². The lowest BCUT2D eigenvalue weighted by Crippen LogP contribution is -2.41. The van der Waals surface area contributed by atoms with Crippen molar-refractivity contribution in [1.82, 2.24) is 5.32 Å². The number of nitrogens with one attached hydrogen (secondary N) is 1. The molecular weight excluding hydrogens is 251 g/mol. The first-order valence-electron chi connectivity index (χ1n) is 5.74. The minimum Gasteiger partial charge on any atom is -0.444 e. The molecule has 0 bridgehead atoms. The first-order valence-corrected chi connectivity index (χ1v) is 5.74. The molecule has 0 spiro atoms.